The van der Waals surface area contributed by atoms with E-state index in [1.54, 1.807) is 0 Å². The van der Waals surface area contributed by atoms with Crippen molar-refractivity contribution in [2.75, 3.05) is 40.9 Å². The van der Waals surface area contributed by atoms with E-state index < -0.39 is 32.7 Å². The predicted octanol–water partition coefficient (Wildman–Crippen LogP) is 13.4. The first kappa shape index (κ1) is 59.4. The van der Waals surface area contributed by atoms with Gasteiger partial charge in [0.05, 0.1) is 39.9 Å². The Morgan fingerprint density at radius 2 is 0.984 bits per heavy atom. The molecule has 61 heavy (non-hydrogen) atoms. The van der Waals surface area contributed by atoms with Gasteiger partial charge in [-0.05, 0) is 83.5 Å². The molecule has 0 heterocycles. The number of phosphoric acid groups is 1. The standard InChI is InChI=1S/C51H97N2O7P/c1-6-8-10-12-14-16-18-20-21-22-23-24-25-26-27-28-29-30-31-32-34-36-38-40-42-44-50(55)52-48(47-60-61(57,58)59-46-45-53(3,4)5)51(56)49(54)43-41-39-37-35-33-19-17-15-13-11-9-7-2/h15,17-18,20,22-23,35,37,48-49,51,54,56H,6-14,16,19,21,24-34,36,38-47H2,1-5H3,(H-,52,55,57,58)/p+1/b17-15+,20-18-,23-22-,37-35+. The Kier molecular flexibility index (Phi) is 41.3. The molecule has 0 bridgehead atoms. The molecule has 10 heteroatoms. The molecule has 0 saturated heterocycles. The fraction of sp³-hybridized carbons (Fsp3) is 0.824. The summed E-state index contributed by atoms with van der Waals surface area (Å²) in [7, 11) is 1.41. The van der Waals surface area contributed by atoms with E-state index in [1.807, 2.05) is 21.1 Å². The summed E-state index contributed by atoms with van der Waals surface area (Å²) in [5.74, 6) is -0.274. The lowest BCUT2D eigenvalue weighted by Gasteiger charge is -2.28. The molecule has 0 aliphatic rings. The van der Waals surface area contributed by atoms with E-state index >= 15 is 0 Å². The minimum absolute atomic E-state index is 0.0127. The summed E-state index contributed by atoms with van der Waals surface area (Å²) in [5.41, 5.74) is 0. The largest absolute Gasteiger partial charge is 0.472 e. The average Bonchev–Trinajstić information content (AvgIpc) is 3.21. The highest BCUT2D eigenvalue weighted by atomic mass is 31.2. The van der Waals surface area contributed by atoms with Crippen LogP contribution >= 0.6 is 7.82 Å². The fourth-order valence-corrected chi connectivity index (χ4v) is 7.81. The van der Waals surface area contributed by atoms with Crippen molar-refractivity contribution in [2.45, 2.75) is 231 Å². The number of unbranched alkanes of at least 4 members (excludes halogenated alkanes) is 23. The van der Waals surface area contributed by atoms with Gasteiger partial charge in [-0.3, -0.25) is 13.8 Å². The molecule has 0 aliphatic carbocycles. The maximum absolute atomic E-state index is 12.9. The van der Waals surface area contributed by atoms with Gasteiger partial charge < -0.3 is 24.9 Å². The predicted molar refractivity (Wildman–Crippen MR) is 260 cm³/mol. The molecule has 0 spiro atoms. The van der Waals surface area contributed by atoms with Gasteiger partial charge >= 0.3 is 7.82 Å². The van der Waals surface area contributed by atoms with Crippen LogP contribution in [0.2, 0.25) is 0 Å². The summed E-state index contributed by atoms with van der Waals surface area (Å²) in [6.45, 7) is 4.53. The van der Waals surface area contributed by atoms with Gasteiger partial charge in [-0.25, -0.2) is 4.57 Å². The number of phosphoric ester groups is 1. The summed E-state index contributed by atoms with van der Waals surface area (Å²) in [6, 6.07) is -1.06. The molecule has 0 aromatic carbocycles. The number of aliphatic hydroxyl groups is 2. The zero-order chi connectivity index (χ0) is 45.1. The Morgan fingerprint density at radius 3 is 1.49 bits per heavy atom. The number of likely N-dealkylation sites (N-methyl/N-ethyl adjacent to an activating group) is 1. The van der Waals surface area contributed by atoms with Gasteiger partial charge in [-0.1, -0.05) is 172 Å². The zero-order valence-corrected chi connectivity index (χ0v) is 41.2. The number of amides is 1. The molecule has 0 saturated carbocycles. The van der Waals surface area contributed by atoms with E-state index in [0.29, 0.717) is 23.9 Å². The van der Waals surface area contributed by atoms with E-state index in [0.717, 1.165) is 57.8 Å². The quantitative estimate of drug-likeness (QED) is 0.0208. The van der Waals surface area contributed by atoms with Gasteiger partial charge in [0.2, 0.25) is 5.91 Å². The maximum Gasteiger partial charge on any atom is 0.472 e. The monoisotopic (exact) mass is 882 g/mol. The van der Waals surface area contributed by atoms with Crippen molar-refractivity contribution in [1.29, 1.82) is 0 Å². The maximum atomic E-state index is 12.9. The van der Waals surface area contributed by atoms with E-state index in [9.17, 15) is 24.5 Å². The van der Waals surface area contributed by atoms with Gasteiger partial charge in [0.15, 0.2) is 0 Å². The third kappa shape index (κ3) is 43.5. The first-order valence-corrected chi connectivity index (χ1v) is 26.6. The lowest BCUT2D eigenvalue weighted by Crippen LogP contribution is -2.51. The Bertz CT molecular complexity index is 1150. The second-order valence-electron chi connectivity index (χ2n) is 18.3. The number of nitrogens with one attached hydrogen (secondary N) is 1. The Hall–Kier alpha value is -1.58. The van der Waals surface area contributed by atoms with Crippen molar-refractivity contribution >= 4 is 13.7 Å². The highest BCUT2D eigenvalue weighted by Gasteiger charge is 2.31. The number of carbonyl (C=O) groups excluding carboxylic acids is 1. The van der Waals surface area contributed by atoms with E-state index in [1.165, 1.54) is 122 Å². The van der Waals surface area contributed by atoms with E-state index in [4.69, 9.17) is 9.05 Å². The molecular weight excluding hydrogens is 784 g/mol. The van der Waals surface area contributed by atoms with Crippen LogP contribution < -0.4 is 5.32 Å². The molecule has 4 N–H and O–H groups in total. The van der Waals surface area contributed by atoms with Crippen LogP contribution in [-0.4, -0.2) is 84.6 Å². The van der Waals surface area contributed by atoms with Crippen molar-refractivity contribution in [3.8, 4) is 0 Å². The molecule has 0 rings (SSSR count). The molecule has 0 radical (unpaired) electrons. The smallest absolute Gasteiger partial charge is 0.390 e. The van der Waals surface area contributed by atoms with Gasteiger partial charge in [0.1, 0.15) is 19.3 Å². The summed E-state index contributed by atoms with van der Waals surface area (Å²) in [4.78, 5) is 23.2. The highest BCUT2D eigenvalue weighted by Crippen LogP contribution is 2.43. The van der Waals surface area contributed by atoms with Gasteiger partial charge in [-0.2, -0.15) is 0 Å². The molecule has 4 atom stereocenters. The minimum Gasteiger partial charge on any atom is -0.390 e. The lowest BCUT2D eigenvalue weighted by molar-refractivity contribution is -0.870. The number of carbonyl (C=O) groups is 1. The van der Waals surface area contributed by atoms with Crippen molar-refractivity contribution in [2.24, 2.45) is 0 Å². The normalized spacial score (nSPS) is 15.1. The number of allylic oxidation sites excluding steroid dienone is 8. The molecular formula is C51H98N2O7P+. The number of nitrogens with zero attached hydrogens (tertiary/aromatic N) is 1. The first-order chi connectivity index (χ1) is 29.4. The van der Waals surface area contributed by atoms with E-state index in [-0.39, 0.29) is 18.9 Å². The Balaban J connectivity index is 4.32. The van der Waals surface area contributed by atoms with Crippen LogP contribution in [0.25, 0.3) is 0 Å². The van der Waals surface area contributed by atoms with Crippen LogP contribution in [0.1, 0.15) is 213 Å². The highest BCUT2D eigenvalue weighted by molar-refractivity contribution is 7.47. The van der Waals surface area contributed by atoms with Crippen LogP contribution in [0, 0.1) is 0 Å². The molecule has 0 aliphatic heterocycles. The lowest BCUT2D eigenvalue weighted by atomic mass is 10.0. The number of rotatable bonds is 45. The summed E-state index contributed by atoms with van der Waals surface area (Å²) in [5, 5.41) is 24.7. The number of hydrogen-bond donors (Lipinski definition) is 4. The Morgan fingerprint density at radius 1 is 0.574 bits per heavy atom. The number of hydrogen-bond acceptors (Lipinski definition) is 6. The van der Waals surface area contributed by atoms with Gasteiger partial charge in [0, 0.05) is 6.42 Å². The minimum atomic E-state index is -4.43. The molecule has 9 nitrogen and oxygen atoms in total. The van der Waals surface area contributed by atoms with Crippen LogP contribution in [0.3, 0.4) is 0 Å². The first-order valence-electron chi connectivity index (χ1n) is 25.1. The summed E-state index contributed by atoms with van der Waals surface area (Å²) >= 11 is 0. The topological polar surface area (TPSA) is 125 Å². The summed E-state index contributed by atoms with van der Waals surface area (Å²) < 4.78 is 23.5. The van der Waals surface area contributed by atoms with Crippen molar-refractivity contribution in [1.82, 2.24) is 5.32 Å². The van der Waals surface area contributed by atoms with Crippen LogP contribution in [-0.2, 0) is 18.4 Å². The Labute approximate surface area is 376 Å². The molecule has 0 fully saturated rings. The van der Waals surface area contributed by atoms with Crippen LogP contribution in [0.5, 0.6) is 0 Å². The van der Waals surface area contributed by atoms with Crippen molar-refractivity contribution in [3.05, 3.63) is 48.6 Å². The number of aliphatic hydroxyl groups excluding tert-OH is 2. The second kappa shape index (κ2) is 42.4. The SMILES string of the molecule is CCCCC/C=C/CC/C=C/CCCC(O)C(O)C(COP(=O)(O)OCC[N+](C)(C)C)NC(=O)CCCCCCCCCCCCCCC/C=C\C/C=C\CCCCCCC. The zero-order valence-electron chi connectivity index (χ0n) is 40.3. The van der Waals surface area contributed by atoms with Crippen molar-refractivity contribution in [3.63, 3.8) is 0 Å². The molecule has 4 unspecified atom stereocenters. The van der Waals surface area contributed by atoms with Gasteiger partial charge in [-0.15, -0.1) is 0 Å². The third-order valence-electron chi connectivity index (χ3n) is 11.1. The number of quaternary nitrogens is 1. The van der Waals surface area contributed by atoms with Gasteiger partial charge in [0.25, 0.3) is 0 Å². The summed E-state index contributed by atoms with van der Waals surface area (Å²) in [6.07, 6.45) is 50.4. The van der Waals surface area contributed by atoms with Crippen LogP contribution in [0.4, 0.5) is 0 Å². The fourth-order valence-electron chi connectivity index (χ4n) is 7.07. The average molecular weight is 882 g/mol. The molecule has 0 aromatic heterocycles. The third-order valence-corrected chi connectivity index (χ3v) is 12.1. The van der Waals surface area contributed by atoms with Crippen LogP contribution in [0.15, 0.2) is 48.6 Å². The molecule has 358 valence electrons. The van der Waals surface area contributed by atoms with Crippen molar-refractivity contribution < 1.29 is 38.0 Å². The molecule has 1 amide bonds. The second-order valence-corrected chi connectivity index (χ2v) is 19.8. The molecule has 0 aromatic rings. The van der Waals surface area contributed by atoms with E-state index in [2.05, 4.69) is 67.8 Å².